The number of carbonyl (C=O) groups excluding carboxylic acids is 1. The first-order chi connectivity index (χ1) is 9.61. The summed E-state index contributed by atoms with van der Waals surface area (Å²) < 4.78 is 5.57. The van der Waals surface area contributed by atoms with Gasteiger partial charge in [0.15, 0.2) is 5.58 Å². The van der Waals surface area contributed by atoms with Crippen molar-refractivity contribution in [2.45, 2.75) is 10.2 Å². The molecule has 0 aliphatic carbocycles. The lowest BCUT2D eigenvalue weighted by molar-refractivity contribution is 0.1000. The summed E-state index contributed by atoms with van der Waals surface area (Å²) in [4.78, 5) is 19.4. The van der Waals surface area contributed by atoms with Gasteiger partial charge < -0.3 is 15.9 Å². The maximum Gasteiger partial charge on any atom is 0.263 e. The Hall–Kier alpha value is -2.54. The third kappa shape index (κ3) is 2.43. The topological polar surface area (TPSA) is 108 Å². The minimum absolute atomic E-state index is 0.361. The summed E-state index contributed by atoms with van der Waals surface area (Å²) in [5.41, 5.74) is 13.2. The molecule has 20 heavy (non-hydrogen) atoms. The lowest BCUT2D eigenvalue weighted by atomic mass is 10.3. The summed E-state index contributed by atoms with van der Waals surface area (Å²) in [6, 6.07) is 8.56. The van der Waals surface area contributed by atoms with E-state index < -0.39 is 5.91 Å². The van der Waals surface area contributed by atoms with Crippen LogP contribution in [0.15, 0.2) is 51.2 Å². The average Bonchev–Trinajstić information content (AvgIpc) is 2.80. The van der Waals surface area contributed by atoms with Crippen LogP contribution in [0, 0.1) is 0 Å². The maximum atomic E-state index is 11.0. The van der Waals surface area contributed by atoms with Crippen molar-refractivity contribution in [2.24, 2.45) is 5.73 Å². The van der Waals surface area contributed by atoms with Crippen LogP contribution in [0.25, 0.3) is 11.1 Å². The number of benzene rings is 1. The molecule has 7 heteroatoms. The fourth-order valence-corrected chi connectivity index (χ4v) is 2.34. The number of carbonyl (C=O) groups is 1. The van der Waals surface area contributed by atoms with Gasteiger partial charge in [0.05, 0.1) is 5.56 Å². The lowest BCUT2D eigenvalue weighted by Gasteiger charge is -1.97. The van der Waals surface area contributed by atoms with E-state index >= 15 is 0 Å². The van der Waals surface area contributed by atoms with Crippen LogP contribution in [-0.2, 0) is 0 Å². The van der Waals surface area contributed by atoms with E-state index in [0.717, 1.165) is 0 Å². The van der Waals surface area contributed by atoms with Gasteiger partial charge in [-0.15, -0.1) is 0 Å². The average molecular weight is 286 g/mol. The molecule has 0 atom stereocenters. The Bertz CT molecular complexity index is 783. The molecule has 0 radical (unpaired) electrons. The summed E-state index contributed by atoms with van der Waals surface area (Å²) >= 11 is 1.26. The first-order valence-electron chi connectivity index (χ1n) is 5.71. The Morgan fingerprint density at radius 1 is 1.25 bits per heavy atom. The van der Waals surface area contributed by atoms with Gasteiger partial charge in [0.2, 0.25) is 5.91 Å². The number of nitrogens with two attached hydrogens (primary N) is 2. The number of aromatic nitrogens is 2. The molecule has 1 aromatic carbocycles. The molecule has 4 N–H and O–H groups in total. The van der Waals surface area contributed by atoms with Crippen molar-refractivity contribution in [1.29, 1.82) is 0 Å². The van der Waals surface area contributed by atoms with Gasteiger partial charge in [-0.05, 0) is 42.1 Å². The highest BCUT2D eigenvalue weighted by Gasteiger charge is 2.09. The van der Waals surface area contributed by atoms with Crippen molar-refractivity contribution in [3.05, 3.63) is 42.1 Å². The Morgan fingerprint density at radius 2 is 2.10 bits per heavy atom. The van der Waals surface area contributed by atoms with Gasteiger partial charge in [0.1, 0.15) is 10.5 Å². The van der Waals surface area contributed by atoms with Crippen LogP contribution in [0.1, 0.15) is 10.4 Å². The van der Waals surface area contributed by atoms with Crippen LogP contribution in [0.5, 0.6) is 0 Å². The van der Waals surface area contributed by atoms with E-state index in [4.69, 9.17) is 15.9 Å². The molecular weight excluding hydrogens is 276 g/mol. The highest BCUT2D eigenvalue weighted by Crippen LogP contribution is 2.29. The Balaban J connectivity index is 1.87. The first-order valence-corrected chi connectivity index (χ1v) is 6.53. The highest BCUT2D eigenvalue weighted by atomic mass is 32.2. The van der Waals surface area contributed by atoms with Crippen molar-refractivity contribution in [3.63, 3.8) is 0 Å². The zero-order valence-corrected chi connectivity index (χ0v) is 11.1. The molecule has 0 bridgehead atoms. The summed E-state index contributed by atoms with van der Waals surface area (Å²) in [7, 11) is 0. The number of pyridine rings is 1. The predicted octanol–water partition coefficient (Wildman–Crippen LogP) is 2.06. The van der Waals surface area contributed by atoms with E-state index in [1.54, 1.807) is 30.3 Å². The highest BCUT2D eigenvalue weighted by molar-refractivity contribution is 7.99. The SMILES string of the molecule is NC(=O)c1ccc(Sc2nc3cc(N)ccc3o2)nc1. The minimum atomic E-state index is -0.508. The molecule has 3 aromatic rings. The van der Waals surface area contributed by atoms with Crippen LogP contribution in [-0.4, -0.2) is 15.9 Å². The van der Waals surface area contributed by atoms with Crippen molar-refractivity contribution in [2.75, 3.05) is 5.73 Å². The van der Waals surface area contributed by atoms with Gasteiger partial charge in [0.25, 0.3) is 5.22 Å². The molecule has 3 rings (SSSR count). The number of primary amides is 1. The fourth-order valence-electron chi connectivity index (χ4n) is 1.64. The number of amides is 1. The van der Waals surface area contributed by atoms with Gasteiger partial charge in [-0.2, -0.15) is 0 Å². The maximum absolute atomic E-state index is 11.0. The van der Waals surface area contributed by atoms with Crippen molar-refractivity contribution in [1.82, 2.24) is 9.97 Å². The van der Waals surface area contributed by atoms with E-state index in [1.165, 1.54) is 18.0 Å². The summed E-state index contributed by atoms with van der Waals surface area (Å²) in [5, 5.41) is 1.12. The monoisotopic (exact) mass is 286 g/mol. The van der Waals surface area contributed by atoms with Crippen LogP contribution in [0.2, 0.25) is 0 Å². The smallest absolute Gasteiger partial charge is 0.263 e. The normalized spacial score (nSPS) is 10.8. The fraction of sp³-hybridized carbons (Fsp3) is 0. The molecule has 2 aromatic heterocycles. The molecule has 6 nitrogen and oxygen atoms in total. The first kappa shape index (κ1) is 12.5. The molecule has 1 amide bonds. The van der Waals surface area contributed by atoms with Crippen LogP contribution in [0.4, 0.5) is 5.69 Å². The van der Waals surface area contributed by atoms with E-state index in [1.807, 2.05) is 0 Å². The number of hydrogen-bond acceptors (Lipinski definition) is 6. The molecule has 0 saturated heterocycles. The molecular formula is C13H10N4O2S. The largest absolute Gasteiger partial charge is 0.431 e. The van der Waals surface area contributed by atoms with Crippen LogP contribution in [0.3, 0.4) is 0 Å². The zero-order valence-electron chi connectivity index (χ0n) is 10.2. The van der Waals surface area contributed by atoms with Gasteiger partial charge in [-0.1, -0.05) is 0 Å². The summed E-state index contributed by atoms with van der Waals surface area (Å²) in [5.74, 6) is -0.508. The second-order valence-electron chi connectivity index (χ2n) is 4.06. The third-order valence-electron chi connectivity index (χ3n) is 2.60. The molecule has 0 fully saturated rings. The van der Waals surface area contributed by atoms with Crippen molar-refractivity contribution < 1.29 is 9.21 Å². The van der Waals surface area contributed by atoms with E-state index in [0.29, 0.717) is 32.6 Å². The molecule has 0 aliphatic rings. The molecule has 2 heterocycles. The molecule has 0 spiro atoms. The number of oxazole rings is 1. The van der Waals surface area contributed by atoms with Gasteiger partial charge in [0, 0.05) is 11.9 Å². The second kappa shape index (κ2) is 4.86. The number of fused-ring (bicyclic) bond motifs is 1. The molecule has 0 aliphatic heterocycles. The van der Waals surface area contributed by atoms with E-state index in [-0.39, 0.29) is 0 Å². The molecule has 100 valence electrons. The number of hydrogen-bond donors (Lipinski definition) is 2. The van der Waals surface area contributed by atoms with Crippen molar-refractivity contribution in [3.8, 4) is 0 Å². The number of rotatable bonds is 3. The second-order valence-corrected chi connectivity index (χ2v) is 5.03. The van der Waals surface area contributed by atoms with E-state index in [9.17, 15) is 4.79 Å². The Labute approximate surface area is 118 Å². The Kier molecular flexibility index (Phi) is 3.03. The summed E-state index contributed by atoms with van der Waals surface area (Å²) in [6.45, 7) is 0. The minimum Gasteiger partial charge on any atom is -0.431 e. The third-order valence-corrected chi connectivity index (χ3v) is 3.40. The standard InChI is InChI=1S/C13H10N4O2S/c14-8-2-3-10-9(5-8)17-13(19-10)20-11-4-1-7(6-16-11)12(15)18/h1-6H,14H2,(H2,15,18). The molecule has 0 saturated carbocycles. The number of nitrogens with zero attached hydrogens (tertiary/aromatic N) is 2. The summed E-state index contributed by atoms with van der Waals surface area (Å²) in [6.07, 6.45) is 1.42. The lowest BCUT2D eigenvalue weighted by Crippen LogP contribution is -2.10. The number of anilines is 1. The van der Waals surface area contributed by atoms with Gasteiger partial charge in [-0.3, -0.25) is 4.79 Å². The quantitative estimate of drug-likeness (QED) is 0.713. The van der Waals surface area contributed by atoms with Gasteiger partial charge >= 0.3 is 0 Å². The molecule has 0 unspecified atom stereocenters. The van der Waals surface area contributed by atoms with Gasteiger partial charge in [-0.25, -0.2) is 9.97 Å². The van der Waals surface area contributed by atoms with Crippen LogP contribution >= 0.6 is 11.8 Å². The number of nitrogen functional groups attached to an aromatic ring is 1. The van der Waals surface area contributed by atoms with Crippen LogP contribution < -0.4 is 11.5 Å². The Morgan fingerprint density at radius 3 is 2.80 bits per heavy atom. The van der Waals surface area contributed by atoms with E-state index in [2.05, 4.69) is 9.97 Å². The predicted molar refractivity (Wildman–Crippen MR) is 75.3 cm³/mol. The van der Waals surface area contributed by atoms with Crippen molar-refractivity contribution >= 4 is 34.5 Å². The zero-order chi connectivity index (χ0) is 14.1.